The summed E-state index contributed by atoms with van der Waals surface area (Å²) in [7, 11) is -3.72. The molecule has 0 fully saturated rings. The molecule has 1 heterocycles. The zero-order valence-electron chi connectivity index (χ0n) is 10.4. The van der Waals surface area contributed by atoms with Gasteiger partial charge in [-0.25, -0.2) is 8.42 Å². The molecule has 1 aromatic rings. The molecule has 1 rings (SSSR count). The van der Waals surface area contributed by atoms with Gasteiger partial charge in [0.25, 0.3) is 0 Å². The number of carboxylic acids is 1. The van der Waals surface area contributed by atoms with Gasteiger partial charge < -0.3 is 5.11 Å². The number of aliphatic carboxylic acids is 1. The second kappa shape index (κ2) is 6.36. The molecule has 0 bridgehead atoms. The Morgan fingerprint density at radius 2 is 2.37 bits per heavy atom. The summed E-state index contributed by atoms with van der Waals surface area (Å²) in [4.78, 5) is 10.4. The van der Waals surface area contributed by atoms with Crippen LogP contribution in [-0.2, 0) is 21.4 Å². The second-order valence-corrected chi connectivity index (χ2v) is 5.55. The molecular weight excluding hydrogens is 270 g/mol. The number of terminal acetylenes is 1. The third-order valence-electron chi connectivity index (χ3n) is 2.38. The smallest absolute Gasteiger partial charge is 0.305 e. The van der Waals surface area contributed by atoms with E-state index in [4.69, 9.17) is 11.5 Å². The van der Waals surface area contributed by atoms with Gasteiger partial charge >= 0.3 is 5.97 Å². The van der Waals surface area contributed by atoms with Crippen LogP contribution in [0.3, 0.4) is 0 Å². The Kier molecular flexibility index (Phi) is 5.09. The Labute approximate surface area is 111 Å². The molecule has 0 aliphatic carbocycles. The molecule has 0 spiro atoms. The molecule has 1 unspecified atom stereocenters. The minimum absolute atomic E-state index is 0.0356. The molecule has 0 aliphatic heterocycles. The minimum Gasteiger partial charge on any atom is -0.481 e. The van der Waals surface area contributed by atoms with Gasteiger partial charge in [-0.3, -0.25) is 9.48 Å². The largest absolute Gasteiger partial charge is 0.481 e. The van der Waals surface area contributed by atoms with Gasteiger partial charge in [0.2, 0.25) is 10.0 Å². The third-order valence-corrected chi connectivity index (χ3v) is 3.81. The highest BCUT2D eigenvalue weighted by Gasteiger charge is 2.19. The summed E-state index contributed by atoms with van der Waals surface area (Å²) in [6, 6.07) is -0.577. The van der Waals surface area contributed by atoms with Crippen molar-refractivity contribution in [3.8, 4) is 12.3 Å². The Morgan fingerprint density at radius 1 is 1.68 bits per heavy atom. The molecular formula is C11H15N3O4S. The van der Waals surface area contributed by atoms with Gasteiger partial charge in [0.05, 0.1) is 25.2 Å². The summed E-state index contributed by atoms with van der Waals surface area (Å²) >= 11 is 0. The Morgan fingerprint density at radius 3 is 2.89 bits per heavy atom. The molecule has 104 valence electrons. The van der Waals surface area contributed by atoms with E-state index in [9.17, 15) is 13.2 Å². The first-order valence-corrected chi connectivity index (χ1v) is 7.10. The molecule has 7 nitrogen and oxygen atoms in total. The number of aromatic nitrogens is 2. The molecule has 0 amide bonds. The van der Waals surface area contributed by atoms with Gasteiger partial charge in [-0.1, -0.05) is 12.8 Å². The van der Waals surface area contributed by atoms with Gasteiger partial charge in [-0.15, -0.1) is 6.42 Å². The van der Waals surface area contributed by atoms with Crippen LogP contribution >= 0.6 is 0 Å². The molecule has 1 aromatic heterocycles. The fraction of sp³-hybridized carbons (Fsp3) is 0.455. The SMILES string of the molecule is C#CC(CC)NS(=O)(=O)c1cnn(CCC(=O)O)c1. The van der Waals surface area contributed by atoms with Crippen LogP contribution in [0.25, 0.3) is 0 Å². The average molecular weight is 285 g/mol. The Hall–Kier alpha value is -1.85. The molecule has 0 saturated heterocycles. The summed E-state index contributed by atoms with van der Waals surface area (Å²) in [6.45, 7) is 1.88. The van der Waals surface area contributed by atoms with Gasteiger partial charge in [0, 0.05) is 6.20 Å². The van der Waals surface area contributed by atoms with Gasteiger partial charge in [-0.05, 0) is 6.42 Å². The average Bonchev–Trinajstić information content (AvgIpc) is 2.83. The number of carboxylic acid groups (broad SMARTS) is 1. The van der Waals surface area contributed by atoms with E-state index in [2.05, 4.69) is 15.7 Å². The van der Waals surface area contributed by atoms with Gasteiger partial charge in [0.15, 0.2) is 0 Å². The summed E-state index contributed by atoms with van der Waals surface area (Å²) in [5.41, 5.74) is 0. The maximum atomic E-state index is 11.9. The number of nitrogens with one attached hydrogen (secondary N) is 1. The van der Waals surface area contributed by atoms with Crippen LogP contribution in [-0.4, -0.2) is 35.3 Å². The lowest BCUT2D eigenvalue weighted by atomic mass is 10.3. The molecule has 0 aliphatic rings. The molecule has 1 atom stereocenters. The van der Waals surface area contributed by atoms with E-state index in [-0.39, 0.29) is 17.9 Å². The predicted molar refractivity (Wildman–Crippen MR) is 67.7 cm³/mol. The van der Waals surface area contributed by atoms with Crippen molar-refractivity contribution >= 4 is 16.0 Å². The zero-order valence-corrected chi connectivity index (χ0v) is 11.2. The zero-order chi connectivity index (χ0) is 14.5. The van der Waals surface area contributed by atoms with Crippen LogP contribution in [0.15, 0.2) is 17.3 Å². The number of rotatable bonds is 7. The summed E-state index contributed by atoms with van der Waals surface area (Å²) in [5, 5.41) is 12.3. The van der Waals surface area contributed by atoms with Crippen molar-refractivity contribution in [2.45, 2.75) is 37.2 Å². The van der Waals surface area contributed by atoms with Crippen molar-refractivity contribution in [2.75, 3.05) is 0 Å². The normalized spacial score (nSPS) is 12.8. The topological polar surface area (TPSA) is 101 Å². The quantitative estimate of drug-likeness (QED) is 0.689. The van der Waals surface area contributed by atoms with Crippen molar-refractivity contribution in [1.29, 1.82) is 0 Å². The van der Waals surface area contributed by atoms with Crippen LogP contribution in [0.5, 0.6) is 0 Å². The first kappa shape index (κ1) is 15.2. The highest BCUT2D eigenvalue weighted by Crippen LogP contribution is 2.08. The maximum absolute atomic E-state index is 11.9. The lowest BCUT2D eigenvalue weighted by Gasteiger charge is -2.09. The van der Waals surface area contributed by atoms with Crippen molar-refractivity contribution in [2.24, 2.45) is 0 Å². The standard InChI is InChI=1S/C11H15N3O4S/c1-3-9(4-2)13-19(17,18)10-7-12-14(8-10)6-5-11(15)16/h1,7-9,13H,4-6H2,2H3,(H,15,16). The number of hydrogen-bond acceptors (Lipinski definition) is 4. The lowest BCUT2D eigenvalue weighted by Crippen LogP contribution is -2.33. The van der Waals surface area contributed by atoms with Crippen molar-refractivity contribution in [1.82, 2.24) is 14.5 Å². The highest BCUT2D eigenvalue weighted by molar-refractivity contribution is 7.89. The molecule has 0 aromatic carbocycles. The number of aryl methyl sites for hydroxylation is 1. The van der Waals surface area contributed by atoms with Crippen LogP contribution in [0.4, 0.5) is 0 Å². The first-order valence-electron chi connectivity index (χ1n) is 5.61. The van der Waals surface area contributed by atoms with E-state index in [0.29, 0.717) is 6.42 Å². The Bertz CT molecular complexity index is 585. The van der Waals surface area contributed by atoms with E-state index < -0.39 is 22.0 Å². The Balaban J connectivity index is 2.80. The van der Waals surface area contributed by atoms with Crippen LogP contribution in [0.2, 0.25) is 0 Å². The number of carbonyl (C=O) groups is 1. The fourth-order valence-corrected chi connectivity index (χ4v) is 2.50. The van der Waals surface area contributed by atoms with Crippen LogP contribution < -0.4 is 4.72 Å². The number of sulfonamides is 1. The van der Waals surface area contributed by atoms with E-state index in [1.807, 2.05) is 0 Å². The monoisotopic (exact) mass is 285 g/mol. The maximum Gasteiger partial charge on any atom is 0.305 e. The molecule has 0 radical (unpaired) electrons. The van der Waals surface area contributed by atoms with Crippen molar-refractivity contribution in [3.63, 3.8) is 0 Å². The minimum atomic E-state index is -3.72. The predicted octanol–water partition coefficient (Wildman–Crippen LogP) is 0.0479. The third kappa shape index (κ3) is 4.39. The number of nitrogens with zero attached hydrogens (tertiary/aromatic N) is 2. The van der Waals surface area contributed by atoms with Gasteiger partial charge in [-0.2, -0.15) is 9.82 Å². The molecule has 0 saturated carbocycles. The highest BCUT2D eigenvalue weighted by atomic mass is 32.2. The van der Waals surface area contributed by atoms with Gasteiger partial charge in [0.1, 0.15) is 4.90 Å². The summed E-state index contributed by atoms with van der Waals surface area (Å²) in [6.07, 6.45) is 7.97. The summed E-state index contributed by atoms with van der Waals surface area (Å²) < 4.78 is 27.5. The summed E-state index contributed by atoms with van der Waals surface area (Å²) in [5.74, 6) is 1.35. The molecule has 8 heteroatoms. The van der Waals surface area contributed by atoms with Crippen molar-refractivity contribution < 1.29 is 18.3 Å². The van der Waals surface area contributed by atoms with E-state index >= 15 is 0 Å². The van der Waals surface area contributed by atoms with E-state index in [1.165, 1.54) is 10.9 Å². The number of hydrogen-bond donors (Lipinski definition) is 2. The van der Waals surface area contributed by atoms with Crippen molar-refractivity contribution in [3.05, 3.63) is 12.4 Å². The second-order valence-electron chi connectivity index (χ2n) is 3.83. The lowest BCUT2D eigenvalue weighted by molar-refractivity contribution is -0.137. The van der Waals surface area contributed by atoms with Crippen LogP contribution in [0.1, 0.15) is 19.8 Å². The molecule has 2 N–H and O–H groups in total. The van der Waals surface area contributed by atoms with Crippen LogP contribution in [0, 0.1) is 12.3 Å². The van der Waals surface area contributed by atoms with E-state index in [0.717, 1.165) is 6.20 Å². The first-order chi connectivity index (χ1) is 8.89. The van der Waals surface area contributed by atoms with E-state index in [1.54, 1.807) is 6.92 Å². The molecule has 19 heavy (non-hydrogen) atoms. The fourth-order valence-electron chi connectivity index (χ4n) is 1.31.